The summed E-state index contributed by atoms with van der Waals surface area (Å²) in [5, 5.41) is 10.1. The molecule has 1 fully saturated rings. The molecule has 1 aromatic rings. The lowest BCUT2D eigenvalue weighted by atomic mass is 9.87. The van der Waals surface area contributed by atoms with Gasteiger partial charge in [0.1, 0.15) is 0 Å². The molecule has 5 nitrogen and oxygen atoms in total. The van der Waals surface area contributed by atoms with E-state index in [1.54, 1.807) is 23.1 Å². The molecule has 1 aliphatic heterocycles. The third-order valence-electron chi connectivity index (χ3n) is 4.15. The lowest BCUT2D eigenvalue weighted by molar-refractivity contribution is 0.0615. The highest BCUT2D eigenvalue weighted by molar-refractivity contribution is 5.97. The molecule has 2 unspecified atom stereocenters. The van der Waals surface area contributed by atoms with Gasteiger partial charge in [-0.25, -0.2) is 0 Å². The second-order valence-electron chi connectivity index (χ2n) is 5.37. The van der Waals surface area contributed by atoms with Gasteiger partial charge in [-0.15, -0.1) is 0 Å². The van der Waals surface area contributed by atoms with Gasteiger partial charge >= 0.3 is 0 Å². The van der Waals surface area contributed by atoms with E-state index in [9.17, 15) is 9.90 Å². The first-order valence-corrected chi connectivity index (χ1v) is 6.93. The molecule has 1 heterocycles. The zero-order chi connectivity index (χ0) is 14.7. The normalized spacial score (nSPS) is 22.6. The van der Waals surface area contributed by atoms with Crippen molar-refractivity contribution in [3.63, 3.8) is 0 Å². The number of rotatable bonds is 3. The quantitative estimate of drug-likeness (QED) is 0.877. The van der Waals surface area contributed by atoms with E-state index in [2.05, 4.69) is 6.92 Å². The molecule has 0 spiro atoms. The Balaban J connectivity index is 2.19. The number of methoxy groups -OCH3 is 1. The van der Waals surface area contributed by atoms with Gasteiger partial charge in [0, 0.05) is 13.1 Å². The molecule has 0 saturated carbocycles. The smallest absolute Gasteiger partial charge is 0.257 e. The molecule has 5 heteroatoms. The molecule has 110 valence electrons. The SMILES string of the molecule is COc1cccc(C(=O)N2CCC(C)C(CN)C2)c1O. The van der Waals surface area contributed by atoms with Crippen molar-refractivity contribution >= 4 is 5.91 Å². The van der Waals surface area contributed by atoms with Crippen LogP contribution >= 0.6 is 0 Å². The van der Waals surface area contributed by atoms with Crippen molar-refractivity contribution in [3.8, 4) is 11.5 Å². The Labute approximate surface area is 119 Å². The molecule has 3 N–H and O–H groups in total. The number of piperidine rings is 1. The van der Waals surface area contributed by atoms with Gasteiger partial charge in [-0.1, -0.05) is 13.0 Å². The fourth-order valence-electron chi connectivity index (χ4n) is 2.67. The Morgan fingerprint density at radius 3 is 2.95 bits per heavy atom. The Morgan fingerprint density at radius 1 is 1.55 bits per heavy atom. The number of para-hydroxylation sites is 1. The maximum absolute atomic E-state index is 12.5. The molecule has 1 amide bonds. The molecule has 20 heavy (non-hydrogen) atoms. The third kappa shape index (κ3) is 2.72. The van der Waals surface area contributed by atoms with Crippen LogP contribution in [0.15, 0.2) is 18.2 Å². The highest BCUT2D eigenvalue weighted by Crippen LogP contribution is 2.31. The summed E-state index contributed by atoms with van der Waals surface area (Å²) in [5.41, 5.74) is 6.05. The minimum Gasteiger partial charge on any atom is -0.504 e. The van der Waals surface area contributed by atoms with Crippen LogP contribution in [0.4, 0.5) is 0 Å². The van der Waals surface area contributed by atoms with Gasteiger partial charge in [0.05, 0.1) is 12.7 Å². The molecular weight excluding hydrogens is 256 g/mol. The summed E-state index contributed by atoms with van der Waals surface area (Å²) >= 11 is 0. The van der Waals surface area contributed by atoms with Gasteiger partial charge in [-0.2, -0.15) is 0 Å². The molecule has 1 aliphatic rings. The van der Waals surface area contributed by atoms with E-state index in [-0.39, 0.29) is 17.2 Å². The fraction of sp³-hybridized carbons (Fsp3) is 0.533. The van der Waals surface area contributed by atoms with Crippen LogP contribution in [-0.4, -0.2) is 42.7 Å². The highest BCUT2D eigenvalue weighted by atomic mass is 16.5. The number of hydrogen-bond acceptors (Lipinski definition) is 4. The van der Waals surface area contributed by atoms with Crippen molar-refractivity contribution < 1.29 is 14.6 Å². The van der Waals surface area contributed by atoms with Crippen LogP contribution in [-0.2, 0) is 0 Å². The van der Waals surface area contributed by atoms with E-state index in [1.165, 1.54) is 7.11 Å². The van der Waals surface area contributed by atoms with Crippen molar-refractivity contribution in [3.05, 3.63) is 23.8 Å². The number of carbonyl (C=O) groups is 1. The van der Waals surface area contributed by atoms with Gasteiger partial charge in [-0.3, -0.25) is 4.79 Å². The van der Waals surface area contributed by atoms with E-state index in [4.69, 9.17) is 10.5 Å². The summed E-state index contributed by atoms with van der Waals surface area (Å²) in [6.45, 7) is 4.09. The number of phenolic OH excluding ortho intramolecular Hbond substituents is 1. The number of benzene rings is 1. The number of aromatic hydroxyl groups is 1. The van der Waals surface area contributed by atoms with Crippen molar-refractivity contribution in [2.24, 2.45) is 17.6 Å². The fourth-order valence-corrected chi connectivity index (χ4v) is 2.67. The minimum atomic E-state index is -0.160. The van der Waals surface area contributed by atoms with Crippen LogP contribution in [0.25, 0.3) is 0 Å². The predicted molar refractivity (Wildman–Crippen MR) is 76.9 cm³/mol. The molecule has 0 aromatic heterocycles. The van der Waals surface area contributed by atoms with Gasteiger partial charge in [0.25, 0.3) is 5.91 Å². The summed E-state index contributed by atoms with van der Waals surface area (Å²) in [5.74, 6) is 0.912. The summed E-state index contributed by atoms with van der Waals surface area (Å²) in [6, 6.07) is 4.96. The first-order valence-electron chi connectivity index (χ1n) is 6.93. The molecule has 2 atom stereocenters. The largest absolute Gasteiger partial charge is 0.504 e. The average Bonchev–Trinajstić information content (AvgIpc) is 2.47. The van der Waals surface area contributed by atoms with Crippen molar-refractivity contribution in [2.75, 3.05) is 26.7 Å². The third-order valence-corrected chi connectivity index (χ3v) is 4.15. The predicted octanol–water partition coefficient (Wildman–Crippen LogP) is 1.46. The van der Waals surface area contributed by atoms with Gasteiger partial charge in [-0.05, 0) is 36.9 Å². The van der Waals surface area contributed by atoms with Crippen LogP contribution in [0, 0.1) is 11.8 Å². The van der Waals surface area contributed by atoms with Crippen LogP contribution in [0.5, 0.6) is 11.5 Å². The first-order chi connectivity index (χ1) is 9.58. The zero-order valence-corrected chi connectivity index (χ0v) is 12.0. The monoisotopic (exact) mass is 278 g/mol. The van der Waals surface area contributed by atoms with E-state index < -0.39 is 0 Å². The number of ether oxygens (including phenoxy) is 1. The summed E-state index contributed by atoms with van der Waals surface area (Å²) in [4.78, 5) is 14.3. The second kappa shape index (κ2) is 6.13. The molecular formula is C15H22N2O3. The second-order valence-corrected chi connectivity index (χ2v) is 5.37. The Bertz CT molecular complexity index is 490. The van der Waals surface area contributed by atoms with Crippen molar-refractivity contribution in [1.29, 1.82) is 0 Å². The Hall–Kier alpha value is -1.75. The van der Waals surface area contributed by atoms with Gasteiger partial charge < -0.3 is 20.5 Å². The molecule has 1 saturated heterocycles. The van der Waals surface area contributed by atoms with Gasteiger partial charge in [0.2, 0.25) is 0 Å². The number of hydrogen-bond donors (Lipinski definition) is 2. The van der Waals surface area contributed by atoms with Crippen molar-refractivity contribution in [1.82, 2.24) is 4.90 Å². The topological polar surface area (TPSA) is 75.8 Å². The zero-order valence-electron chi connectivity index (χ0n) is 12.0. The standard InChI is InChI=1S/C15H22N2O3/c1-10-6-7-17(9-11(10)8-16)15(19)12-4-3-5-13(20-2)14(12)18/h3-5,10-11,18H,6-9,16H2,1-2H3. The summed E-state index contributed by atoms with van der Waals surface area (Å²) in [7, 11) is 1.47. The van der Waals surface area contributed by atoms with Crippen LogP contribution in [0.1, 0.15) is 23.7 Å². The van der Waals surface area contributed by atoms with E-state index in [0.717, 1.165) is 6.42 Å². The van der Waals surface area contributed by atoms with E-state index in [0.29, 0.717) is 37.2 Å². The number of nitrogens with two attached hydrogens (primary N) is 1. The Morgan fingerprint density at radius 2 is 2.30 bits per heavy atom. The van der Waals surface area contributed by atoms with Crippen molar-refractivity contribution in [2.45, 2.75) is 13.3 Å². The van der Waals surface area contributed by atoms with Crippen LogP contribution < -0.4 is 10.5 Å². The van der Waals surface area contributed by atoms with E-state index >= 15 is 0 Å². The molecule has 0 bridgehead atoms. The summed E-state index contributed by atoms with van der Waals surface area (Å²) in [6.07, 6.45) is 0.943. The van der Waals surface area contributed by atoms with Gasteiger partial charge in [0.15, 0.2) is 11.5 Å². The lowest BCUT2D eigenvalue weighted by Gasteiger charge is -2.36. The number of phenols is 1. The first kappa shape index (κ1) is 14.7. The molecule has 1 aromatic carbocycles. The number of likely N-dealkylation sites (tertiary alicyclic amines) is 1. The maximum Gasteiger partial charge on any atom is 0.257 e. The number of amides is 1. The lowest BCUT2D eigenvalue weighted by Crippen LogP contribution is -2.45. The van der Waals surface area contributed by atoms with Crippen LogP contribution in [0.2, 0.25) is 0 Å². The Kier molecular flexibility index (Phi) is 4.49. The summed E-state index contributed by atoms with van der Waals surface area (Å²) < 4.78 is 5.04. The molecule has 0 radical (unpaired) electrons. The van der Waals surface area contributed by atoms with Crippen LogP contribution in [0.3, 0.4) is 0 Å². The molecule has 0 aliphatic carbocycles. The number of nitrogens with zero attached hydrogens (tertiary/aromatic N) is 1. The average molecular weight is 278 g/mol. The number of carbonyl (C=O) groups excluding carboxylic acids is 1. The highest BCUT2D eigenvalue weighted by Gasteiger charge is 2.29. The minimum absolute atomic E-state index is 0.0945. The van der Waals surface area contributed by atoms with E-state index in [1.807, 2.05) is 0 Å². The molecule has 2 rings (SSSR count). The maximum atomic E-state index is 12.5.